The first kappa shape index (κ1) is 14.1. The molecule has 0 aromatic heterocycles. The summed E-state index contributed by atoms with van der Waals surface area (Å²) >= 11 is 0. The normalized spacial score (nSPS) is 13.7. The zero-order valence-corrected chi connectivity index (χ0v) is 9.65. The second kappa shape index (κ2) is 6.73. The van der Waals surface area contributed by atoms with E-state index < -0.39 is 30.5 Å². The zero-order chi connectivity index (χ0) is 13.5. The molecule has 18 heavy (non-hydrogen) atoms. The van der Waals surface area contributed by atoms with Crippen LogP contribution in [0.25, 0.3) is 0 Å². The van der Waals surface area contributed by atoms with Crippen LogP contribution in [0.3, 0.4) is 0 Å². The lowest BCUT2D eigenvalue weighted by atomic mass is 10.0. The van der Waals surface area contributed by atoms with Crippen LogP contribution in [-0.4, -0.2) is 28.4 Å². The van der Waals surface area contributed by atoms with E-state index in [4.69, 9.17) is 20.7 Å². The Bertz CT molecular complexity index is 404. The van der Waals surface area contributed by atoms with Crippen LogP contribution in [0.5, 0.6) is 0 Å². The first-order valence-corrected chi connectivity index (χ1v) is 5.36. The van der Waals surface area contributed by atoms with Gasteiger partial charge in [0.2, 0.25) is 0 Å². The van der Waals surface area contributed by atoms with Crippen LogP contribution in [0.1, 0.15) is 12.0 Å². The number of carboxylic acid groups (broad SMARTS) is 1. The molecule has 0 heterocycles. The zero-order valence-electron chi connectivity index (χ0n) is 9.65. The van der Waals surface area contributed by atoms with Crippen molar-refractivity contribution in [3.8, 4) is 0 Å². The van der Waals surface area contributed by atoms with Gasteiger partial charge in [-0.15, -0.1) is 0 Å². The largest absolute Gasteiger partial charge is 0.481 e. The van der Waals surface area contributed by atoms with E-state index in [-0.39, 0.29) is 6.61 Å². The number of hydrogen-bond donors (Lipinski definition) is 3. The molecule has 98 valence electrons. The van der Waals surface area contributed by atoms with Crippen LogP contribution in [0.2, 0.25) is 0 Å². The second-order valence-electron chi connectivity index (χ2n) is 3.79. The molecule has 1 aromatic rings. The minimum absolute atomic E-state index is 0.0164. The molecule has 0 fully saturated rings. The summed E-state index contributed by atoms with van der Waals surface area (Å²) in [6.45, 7) is 0.0164. The maximum atomic E-state index is 11.6. The van der Waals surface area contributed by atoms with Crippen molar-refractivity contribution in [2.24, 2.45) is 11.7 Å². The fourth-order valence-electron chi connectivity index (χ4n) is 1.37. The predicted octanol–water partition coefficient (Wildman–Crippen LogP) is 0.0978. The van der Waals surface area contributed by atoms with E-state index in [1.807, 2.05) is 6.07 Å². The van der Waals surface area contributed by atoms with Crippen molar-refractivity contribution in [3.05, 3.63) is 35.9 Å². The smallest absolute Gasteiger partial charge is 0.313 e. The second-order valence-corrected chi connectivity index (χ2v) is 3.79. The van der Waals surface area contributed by atoms with Gasteiger partial charge < -0.3 is 20.7 Å². The number of carboxylic acids is 1. The summed E-state index contributed by atoms with van der Waals surface area (Å²) in [4.78, 5) is 22.1. The summed E-state index contributed by atoms with van der Waals surface area (Å²) in [5.74, 6) is -3.30. The van der Waals surface area contributed by atoms with E-state index in [0.717, 1.165) is 5.56 Å². The molecular formula is C12H15NO5. The fourth-order valence-corrected chi connectivity index (χ4v) is 1.37. The van der Waals surface area contributed by atoms with Gasteiger partial charge in [-0.05, 0) is 5.56 Å². The first-order chi connectivity index (χ1) is 8.50. The van der Waals surface area contributed by atoms with Crippen molar-refractivity contribution in [3.63, 3.8) is 0 Å². The summed E-state index contributed by atoms with van der Waals surface area (Å²) in [5, 5.41) is 17.7. The molecule has 0 saturated heterocycles. The van der Waals surface area contributed by atoms with E-state index in [1.54, 1.807) is 24.3 Å². The Morgan fingerprint density at radius 3 is 2.39 bits per heavy atom. The Morgan fingerprint density at radius 2 is 1.89 bits per heavy atom. The summed E-state index contributed by atoms with van der Waals surface area (Å²) in [6.07, 6.45) is -2.12. The van der Waals surface area contributed by atoms with Crippen LogP contribution in [0.4, 0.5) is 0 Å². The topological polar surface area (TPSA) is 110 Å². The van der Waals surface area contributed by atoms with E-state index in [9.17, 15) is 9.59 Å². The quantitative estimate of drug-likeness (QED) is 0.490. The van der Waals surface area contributed by atoms with Crippen LogP contribution in [0.15, 0.2) is 30.3 Å². The lowest BCUT2D eigenvalue weighted by Gasteiger charge is -2.16. The molecule has 4 N–H and O–H groups in total. The standard InChI is InChI=1S/C12H15NO5/c13-11(16)9(6-10(14)15)12(17)18-7-8-4-2-1-3-5-8/h1-5,9,11,16H,6-7,13H2,(H,14,15). The van der Waals surface area contributed by atoms with Crippen molar-refractivity contribution in [1.29, 1.82) is 0 Å². The van der Waals surface area contributed by atoms with Gasteiger partial charge in [-0.1, -0.05) is 30.3 Å². The lowest BCUT2D eigenvalue weighted by Crippen LogP contribution is -2.37. The Kier molecular flexibility index (Phi) is 5.29. The van der Waals surface area contributed by atoms with Gasteiger partial charge in [0.25, 0.3) is 0 Å². The van der Waals surface area contributed by atoms with Gasteiger partial charge in [-0.3, -0.25) is 9.59 Å². The number of carbonyl (C=O) groups excluding carboxylic acids is 1. The molecule has 0 aliphatic carbocycles. The van der Waals surface area contributed by atoms with Crippen molar-refractivity contribution >= 4 is 11.9 Å². The fraction of sp³-hybridized carbons (Fsp3) is 0.333. The van der Waals surface area contributed by atoms with Crippen molar-refractivity contribution in [1.82, 2.24) is 0 Å². The summed E-state index contributed by atoms with van der Waals surface area (Å²) in [5.41, 5.74) is 5.92. The molecule has 2 atom stereocenters. The number of ether oxygens (including phenoxy) is 1. The molecule has 0 aliphatic rings. The molecule has 0 spiro atoms. The Morgan fingerprint density at radius 1 is 1.28 bits per heavy atom. The molecular weight excluding hydrogens is 238 g/mol. The van der Waals surface area contributed by atoms with Gasteiger partial charge >= 0.3 is 11.9 Å². The number of esters is 1. The predicted molar refractivity (Wildman–Crippen MR) is 62.2 cm³/mol. The van der Waals surface area contributed by atoms with Gasteiger partial charge in [-0.25, -0.2) is 0 Å². The SMILES string of the molecule is NC(O)C(CC(=O)O)C(=O)OCc1ccccc1. The number of aliphatic carboxylic acids is 1. The van der Waals surface area contributed by atoms with E-state index in [2.05, 4.69) is 0 Å². The third-order valence-electron chi connectivity index (χ3n) is 2.33. The van der Waals surface area contributed by atoms with E-state index in [1.165, 1.54) is 0 Å². The molecule has 2 unspecified atom stereocenters. The number of aliphatic hydroxyl groups is 1. The highest BCUT2D eigenvalue weighted by atomic mass is 16.5. The molecule has 6 heteroatoms. The number of aliphatic hydroxyl groups excluding tert-OH is 1. The number of rotatable bonds is 6. The number of hydrogen-bond acceptors (Lipinski definition) is 5. The van der Waals surface area contributed by atoms with Crippen molar-refractivity contribution in [2.75, 3.05) is 0 Å². The summed E-state index contributed by atoms with van der Waals surface area (Å²) < 4.78 is 4.91. The number of nitrogens with two attached hydrogens (primary N) is 1. The molecule has 0 amide bonds. The minimum atomic E-state index is -1.55. The highest BCUT2D eigenvalue weighted by molar-refractivity contribution is 5.79. The Hall–Kier alpha value is -1.92. The van der Waals surface area contributed by atoms with E-state index >= 15 is 0 Å². The highest BCUT2D eigenvalue weighted by Crippen LogP contribution is 2.10. The molecule has 0 radical (unpaired) electrons. The molecule has 0 aliphatic heterocycles. The maximum Gasteiger partial charge on any atom is 0.313 e. The Balaban J connectivity index is 2.54. The van der Waals surface area contributed by atoms with Gasteiger partial charge in [-0.2, -0.15) is 0 Å². The van der Waals surface area contributed by atoms with Gasteiger partial charge in [0.1, 0.15) is 18.8 Å². The van der Waals surface area contributed by atoms with Gasteiger partial charge in [0.05, 0.1) is 6.42 Å². The minimum Gasteiger partial charge on any atom is -0.481 e. The first-order valence-electron chi connectivity index (χ1n) is 5.36. The van der Waals surface area contributed by atoms with Crippen molar-refractivity contribution in [2.45, 2.75) is 19.3 Å². The van der Waals surface area contributed by atoms with Gasteiger partial charge in [0.15, 0.2) is 0 Å². The van der Waals surface area contributed by atoms with Crippen LogP contribution < -0.4 is 5.73 Å². The molecule has 1 rings (SSSR count). The molecule has 6 nitrogen and oxygen atoms in total. The summed E-state index contributed by atoms with van der Waals surface area (Å²) in [6, 6.07) is 8.92. The number of carbonyl (C=O) groups is 2. The molecule has 1 aromatic carbocycles. The average molecular weight is 253 g/mol. The third kappa shape index (κ3) is 4.52. The number of benzene rings is 1. The maximum absolute atomic E-state index is 11.6. The lowest BCUT2D eigenvalue weighted by molar-refractivity contribution is -0.158. The average Bonchev–Trinajstić information content (AvgIpc) is 2.34. The van der Waals surface area contributed by atoms with Gasteiger partial charge in [0, 0.05) is 0 Å². The third-order valence-corrected chi connectivity index (χ3v) is 2.33. The molecule has 0 bridgehead atoms. The highest BCUT2D eigenvalue weighted by Gasteiger charge is 2.28. The van der Waals surface area contributed by atoms with Crippen LogP contribution >= 0.6 is 0 Å². The Labute approximate surface area is 104 Å². The van der Waals surface area contributed by atoms with Crippen LogP contribution in [0, 0.1) is 5.92 Å². The molecule has 0 saturated carbocycles. The van der Waals surface area contributed by atoms with E-state index in [0.29, 0.717) is 0 Å². The monoisotopic (exact) mass is 253 g/mol. The van der Waals surface area contributed by atoms with Crippen molar-refractivity contribution < 1.29 is 24.5 Å². The summed E-state index contributed by atoms with van der Waals surface area (Å²) in [7, 11) is 0. The van der Waals surface area contributed by atoms with Crippen LogP contribution in [-0.2, 0) is 20.9 Å².